The van der Waals surface area contributed by atoms with Gasteiger partial charge in [-0.2, -0.15) is 18.2 Å². The van der Waals surface area contributed by atoms with Crippen LogP contribution in [0.5, 0.6) is 0 Å². The minimum atomic E-state index is -4.65. The van der Waals surface area contributed by atoms with Gasteiger partial charge in [-0.05, 0) is 53.6 Å². The van der Waals surface area contributed by atoms with Gasteiger partial charge >= 0.3 is 6.18 Å². The van der Waals surface area contributed by atoms with E-state index in [1.54, 1.807) is 4.90 Å². The van der Waals surface area contributed by atoms with Crippen LogP contribution in [0.3, 0.4) is 0 Å². The van der Waals surface area contributed by atoms with Crippen LogP contribution >= 0.6 is 34.2 Å². The zero-order valence-corrected chi connectivity index (χ0v) is 19.8. The van der Waals surface area contributed by atoms with Gasteiger partial charge in [-0.25, -0.2) is 4.98 Å². The van der Waals surface area contributed by atoms with Gasteiger partial charge < -0.3 is 25.4 Å². The molecule has 0 spiro atoms. The second kappa shape index (κ2) is 8.89. The van der Waals surface area contributed by atoms with E-state index in [1.165, 1.54) is 12.3 Å². The lowest BCUT2D eigenvalue weighted by atomic mass is 9.93. The number of alkyl halides is 3. The third kappa shape index (κ3) is 4.88. The van der Waals surface area contributed by atoms with E-state index in [9.17, 15) is 28.2 Å². The van der Waals surface area contributed by atoms with Gasteiger partial charge in [0.2, 0.25) is 5.95 Å². The van der Waals surface area contributed by atoms with Gasteiger partial charge in [0.25, 0.3) is 5.56 Å². The SMILES string of the molecule is O=c1[nH]cc(I)c2nc(N3CCC(O)(CO)CC3)nc(Nc3ccc(Cl)c(C(F)(F)F)c3)c12. The largest absolute Gasteiger partial charge is 0.417 e. The summed E-state index contributed by atoms with van der Waals surface area (Å²) < 4.78 is 40.5. The van der Waals surface area contributed by atoms with Crippen molar-refractivity contribution in [3.05, 3.63) is 48.9 Å². The van der Waals surface area contributed by atoms with Crippen LogP contribution in [0.15, 0.2) is 29.2 Å². The molecule has 0 bridgehead atoms. The predicted molar refractivity (Wildman–Crippen MR) is 126 cm³/mol. The number of anilines is 3. The third-order valence-corrected chi connectivity index (χ3v) is 6.64. The van der Waals surface area contributed by atoms with Crippen LogP contribution in [-0.2, 0) is 6.18 Å². The number of benzene rings is 1. The number of pyridine rings is 1. The molecule has 1 aliphatic rings. The van der Waals surface area contributed by atoms with Gasteiger partial charge in [-0.3, -0.25) is 4.79 Å². The number of fused-ring (bicyclic) bond motifs is 1. The Balaban J connectivity index is 1.79. The first-order valence-corrected chi connectivity index (χ1v) is 11.3. The number of nitrogens with one attached hydrogen (secondary N) is 2. The first-order valence-electron chi connectivity index (χ1n) is 9.82. The number of rotatable bonds is 4. The molecule has 8 nitrogen and oxygen atoms in total. The molecule has 0 saturated carbocycles. The predicted octanol–water partition coefficient (Wildman–Crippen LogP) is 3.66. The second-order valence-electron chi connectivity index (χ2n) is 7.75. The highest BCUT2D eigenvalue weighted by Crippen LogP contribution is 2.37. The standard InChI is InChI=1S/C20H18ClF3IN5O3/c21-12-2-1-10(7-11(12)20(22,23)24)27-16-14-15(13(25)8-26-17(14)32)28-18(29-16)30-5-3-19(33,9-31)4-6-30/h1-2,7-8,31,33H,3-6,9H2,(H,26,32)(H,27,28,29). The first-order chi connectivity index (χ1) is 15.5. The molecular weight excluding hydrogens is 578 g/mol. The highest BCUT2D eigenvalue weighted by molar-refractivity contribution is 14.1. The van der Waals surface area contributed by atoms with E-state index in [-0.39, 0.29) is 42.3 Å². The molecule has 0 amide bonds. The lowest BCUT2D eigenvalue weighted by Crippen LogP contribution is -2.47. The third-order valence-electron chi connectivity index (χ3n) is 5.49. The number of piperidine rings is 1. The minimum Gasteiger partial charge on any atom is -0.393 e. The van der Waals surface area contributed by atoms with Crippen molar-refractivity contribution in [1.82, 2.24) is 15.0 Å². The van der Waals surface area contributed by atoms with E-state index < -0.39 is 27.9 Å². The number of aliphatic hydroxyl groups excluding tert-OH is 1. The van der Waals surface area contributed by atoms with Gasteiger partial charge in [0.1, 0.15) is 11.2 Å². The van der Waals surface area contributed by atoms with Gasteiger partial charge in [0, 0.05) is 25.0 Å². The van der Waals surface area contributed by atoms with Gasteiger partial charge in [-0.1, -0.05) is 11.6 Å². The molecule has 13 heteroatoms. The summed E-state index contributed by atoms with van der Waals surface area (Å²) in [5.41, 5.74) is -2.32. The van der Waals surface area contributed by atoms with Crippen molar-refractivity contribution in [2.45, 2.75) is 24.6 Å². The topological polar surface area (TPSA) is 114 Å². The van der Waals surface area contributed by atoms with Crippen LogP contribution in [0.4, 0.5) is 30.6 Å². The number of aromatic amines is 1. The van der Waals surface area contributed by atoms with E-state index >= 15 is 0 Å². The van der Waals surface area contributed by atoms with Crippen molar-refractivity contribution < 1.29 is 23.4 Å². The lowest BCUT2D eigenvalue weighted by molar-refractivity contribution is -0.137. The molecule has 0 radical (unpaired) electrons. The molecule has 3 heterocycles. The number of aromatic nitrogens is 3. The first kappa shape index (κ1) is 24.0. The Hall–Kier alpha value is -2.16. The van der Waals surface area contributed by atoms with Crippen LogP contribution < -0.4 is 15.8 Å². The molecule has 1 aliphatic heterocycles. The van der Waals surface area contributed by atoms with Crippen LogP contribution in [0.1, 0.15) is 18.4 Å². The molecule has 2 aromatic heterocycles. The Bertz CT molecular complexity index is 1260. The summed E-state index contributed by atoms with van der Waals surface area (Å²) in [5.74, 6) is 0.284. The maximum Gasteiger partial charge on any atom is 0.417 e. The number of aliphatic hydroxyl groups is 2. The fraction of sp³-hybridized carbons (Fsp3) is 0.350. The monoisotopic (exact) mass is 595 g/mol. The molecule has 33 heavy (non-hydrogen) atoms. The van der Waals surface area contributed by atoms with Crippen LogP contribution in [-0.4, -0.2) is 50.5 Å². The van der Waals surface area contributed by atoms with E-state index in [1.807, 2.05) is 22.6 Å². The summed E-state index contributed by atoms with van der Waals surface area (Å²) in [4.78, 5) is 25.9. The molecular formula is C20H18ClF3IN5O3. The highest BCUT2D eigenvalue weighted by Gasteiger charge is 2.34. The van der Waals surface area contributed by atoms with Crippen molar-refractivity contribution in [1.29, 1.82) is 0 Å². The number of nitrogens with zero attached hydrogens (tertiary/aromatic N) is 3. The summed E-state index contributed by atoms with van der Waals surface area (Å²) in [6, 6.07) is 3.32. The van der Waals surface area contributed by atoms with Gasteiger partial charge in [0.05, 0.1) is 31.9 Å². The van der Waals surface area contributed by atoms with E-state index in [0.29, 0.717) is 22.2 Å². The Labute approximate surface area is 203 Å². The highest BCUT2D eigenvalue weighted by atomic mass is 127. The Morgan fingerprint density at radius 1 is 1.27 bits per heavy atom. The summed E-state index contributed by atoms with van der Waals surface area (Å²) in [5, 5.41) is 22.1. The zero-order valence-electron chi connectivity index (χ0n) is 16.9. The molecule has 1 aromatic carbocycles. The van der Waals surface area contributed by atoms with Crippen LogP contribution in [0, 0.1) is 3.57 Å². The van der Waals surface area contributed by atoms with Crippen molar-refractivity contribution in [3.8, 4) is 0 Å². The maximum absolute atomic E-state index is 13.3. The molecule has 1 fully saturated rings. The fourth-order valence-electron chi connectivity index (χ4n) is 3.58. The summed E-state index contributed by atoms with van der Waals surface area (Å²) in [6.45, 7) is 0.333. The maximum atomic E-state index is 13.3. The van der Waals surface area contributed by atoms with Crippen molar-refractivity contribution in [2.75, 3.05) is 29.9 Å². The summed E-state index contributed by atoms with van der Waals surface area (Å²) in [6.07, 6.45) is -2.60. The smallest absolute Gasteiger partial charge is 0.393 e. The quantitative estimate of drug-likeness (QED) is 0.341. The van der Waals surface area contributed by atoms with E-state index in [2.05, 4.69) is 20.3 Å². The Kier molecular flexibility index (Phi) is 6.46. The number of hydrogen-bond donors (Lipinski definition) is 4. The van der Waals surface area contributed by atoms with Crippen LogP contribution in [0.25, 0.3) is 10.9 Å². The normalized spacial score (nSPS) is 16.3. The van der Waals surface area contributed by atoms with Gasteiger partial charge in [-0.15, -0.1) is 0 Å². The summed E-state index contributed by atoms with van der Waals surface area (Å²) >= 11 is 7.71. The molecule has 0 unspecified atom stereocenters. The van der Waals surface area contributed by atoms with E-state index in [4.69, 9.17) is 11.6 Å². The van der Waals surface area contributed by atoms with E-state index in [0.717, 1.165) is 12.1 Å². The molecule has 176 valence electrons. The number of hydrogen-bond acceptors (Lipinski definition) is 7. The lowest BCUT2D eigenvalue weighted by Gasteiger charge is -2.37. The van der Waals surface area contributed by atoms with Crippen molar-refractivity contribution in [2.24, 2.45) is 0 Å². The number of halogens is 5. The molecule has 0 aliphatic carbocycles. The van der Waals surface area contributed by atoms with Crippen molar-refractivity contribution in [3.63, 3.8) is 0 Å². The van der Waals surface area contributed by atoms with Crippen molar-refractivity contribution >= 4 is 62.5 Å². The molecule has 4 rings (SSSR count). The average molecular weight is 596 g/mol. The Morgan fingerprint density at radius 2 is 1.97 bits per heavy atom. The zero-order chi connectivity index (χ0) is 24.0. The molecule has 4 N–H and O–H groups in total. The average Bonchev–Trinajstić information content (AvgIpc) is 2.77. The number of H-pyrrole nitrogens is 1. The fourth-order valence-corrected chi connectivity index (χ4v) is 4.35. The molecule has 1 saturated heterocycles. The minimum absolute atomic E-state index is 0.0354. The second-order valence-corrected chi connectivity index (χ2v) is 9.32. The summed E-state index contributed by atoms with van der Waals surface area (Å²) in [7, 11) is 0. The molecule has 3 aromatic rings. The van der Waals surface area contributed by atoms with Crippen LogP contribution in [0.2, 0.25) is 5.02 Å². The molecule has 0 atom stereocenters. The van der Waals surface area contributed by atoms with Gasteiger partial charge in [0.15, 0.2) is 0 Å². The Morgan fingerprint density at radius 3 is 2.61 bits per heavy atom.